The predicted molar refractivity (Wildman–Crippen MR) is 72.4 cm³/mol. The van der Waals surface area contributed by atoms with Gasteiger partial charge in [-0.25, -0.2) is 0 Å². The second-order valence-electron chi connectivity index (χ2n) is 4.67. The molecule has 1 heterocycles. The molecule has 0 saturated heterocycles. The fourth-order valence-corrected chi connectivity index (χ4v) is 2.20. The van der Waals surface area contributed by atoms with E-state index in [1.807, 2.05) is 25.2 Å². The molecule has 1 aliphatic rings. The Hall–Kier alpha value is -1.55. The van der Waals surface area contributed by atoms with Crippen LogP contribution in [0.2, 0.25) is 0 Å². The largest absolute Gasteiger partial charge is 0.486 e. The molecule has 98 valence electrons. The van der Waals surface area contributed by atoms with Crippen LogP contribution in [0, 0.1) is 0 Å². The van der Waals surface area contributed by atoms with Gasteiger partial charge in [0.2, 0.25) is 0 Å². The van der Waals surface area contributed by atoms with Crippen molar-refractivity contribution in [2.75, 3.05) is 25.0 Å². The van der Waals surface area contributed by atoms with E-state index in [9.17, 15) is 4.79 Å². The van der Waals surface area contributed by atoms with E-state index in [2.05, 4.69) is 11.8 Å². The van der Waals surface area contributed by atoms with Crippen molar-refractivity contribution in [3.63, 3.8) is 0 Å². The summed E-state index contributed by atoms with van der Waals surface area (Å²) in [5, 5.41) is 0. The second kappa shape index (κ2) is 5.40. The molecular weight excluding hydrogens is 228 g/mol. The number of ether oxygens (including phenoxy) is 1. The van der Waals surface area contributed by atoms with Crippen LogP contribution in [-0.2, 0) is 0 Å². The maximum atomic E-state index is 11.8. The average molecular weight is 248 g/mol. The van der Waals surface area contributed by atoms with Gasteiger partial charge in [0.15, 0.2) is 5.78 Å². The van der Waals surface area contributed by atoms with Crippen molar-refractivity contribution in [2.45, 2.75) is 25.9 Å². The number of nitrogens with two attached hydrogens (primary N) is 1. The first-order valence-corrected chi connectivity index (χ1v) is 6.40. The average Bonchev–Trinajstić information content (AvgIpc) is 2.38. The number of hydrogen-bond donors (Lipinski definition) is 1. The molecule has 0 spiro atoms. The second-order valence-corrected chi connectivity index (χ2v) is 4.67. The quantitative estimate of drug-likeness (QED) is 0.826. The summed E-state index contributed by atoms with van der Waals surface area (Å²) in [5.41, 5.74) is 7.11. The van der Waals surface area contributed by atoms with Gasteiger partial charge < -0.3 is 15.4 Å². The van der Waals surface area contributed by atoms with Crippen LogP contribution < -0.4 is 15.4 Å². The molecular formula is C14H20N2O2. The van der Waals surface area contributed by atoms with Gasteiger partial charge in [0.25, 0.3) is 0 Å². The molecule has 2 rings (SSSR count). The van der Waals surface area contributed by atoms with Gasteiger partial charge in [-0.15, -0.1) is 0 Å². The van der Waals surface area contributed by atoms with E-state index >= 15 is 0 Å². The SMILES string of the molecule is CCC1CN(C)c2cc(C(=O)CCN)ccc2O1. The van der Waals surface area contributed by atoms with Crippen molar-refractivity contribution in [3.8, 4) is 5.75 Å². The van der Waals surface area contributed by atoms with Gasteiger partial charge in [0, 0.05) is 19.0 Å². The zero-order valence-corrected chi connectivity index (χ0v) is 11.0. The van der Waals surface area contributed by atoms with Crippen molar-refractivity contribution in [2.24, 2.45) is 5.73 Å². The fraction of sp³-hybridized carbons (Fsp3) is 0.500. The Bertz CT molecular complexity index is 445. The third-order valence-corrected chi connectivity index (χ3v) is 3.29. The van der Waals surface area contributed by atoms with E-state index < -0.39 is 0 Å². The summed E-state index contributed by atoms with van der Waals surface area (Å²) in [6.07, 6.45) is 1.60. The lowest BCUT2D eigenvalue weighted by Crippen LogP contribution is -2.37. The number of anilines is 1. The normalized spacial score (nSPS) is 18.2. The number of rotatable bonds is 4. The summed E-state index contributed by atoms with van der Waals surface area (Å²) in [7, 11) is 2.03. The van der Waals surface area contributed by atoms with Gasteiger partial charge in [-0.05, 0) is 31.2 Å². The molecule has 1 unspecified atom stereocenters. The summed E-state index contributed by atoms with van der Waals surface area (Å²) in [5.74, 6) is 0.950. The summed E-state index contributed by atoms with van der Waals surface area (Å²) < 4.78 is 5.87. The Morgan fingerprint density at radius 2 is 2.33 bits per heavy atom. The van der Waals surface area contributed by atoms with E-state index in [-0.39, 0.29) is 11.9 Å². The first-order valence-electron chi connectivity index (χ1n) is 6.40. The standard InChI is InChI=1S/C14H20N2O2/c1-3-11-9-16(2)12-8-10(13(17)6-7-15)4-5-14(12)18-11/h4-5,8,11H,3,6-7,9,15H2,1-2H3. The molecule has 0 aliphatic carbocycles. The van der Waals surface area contributed by atoms with Crippen molar-refractivity contribution in [3.05, 3.63) is 23.8 Å². The molecule has 1 atom stereocenters. The van der Waals surface area contributed by atoms with Gasteiger partial charge in [0.05, 0.1) is 12.2 Å². The number of likely N-dealkylation sites (N-methyl/N-ethyl adjacent to an activating group) is 1. The monoisotopic (exact) mass is 248 g/mol. The van der Waals surface area contributed by atoms with Gasteiger partial charge in [-0.2, -0.15) is 0 Å². The highest BCUT2D eigenvalue weighted by Crippen LogP contribution is 2.34. The summed E-state index contributed by atoms with van der Waals surface area (Å²) >= 11 is 0. The number of fused-ring (bicyclic) bond motifs is 1. The maximum Gasteiger partial charge on any atom is 0.164 e. The first-order chi connectivity index (χ1) is 8.65. The summed E-state index contributed by atoms with van der Waals surface area (Å²) in [6.45, 7) is 3.36. The number of benzene rings is 1. The van der Waals surface area contributed by atoms with Gasteiger partial charge in [-0.1, -0.05) is 6.92 Å². The van der Waals surface area contributed by atoms with Crippen LogP contribution in [0.3, 0.4) is 0 Å². The van der Waals surface area contributed by atoms with E-state index in [0.717, 1.165) is 24.4 Å². The van der Waals surface area contributed by atoms with Crippen LogP contribution in [0.25, 0.3) is 0 Å². The molecule has 0 aromatic heterocycles. The zero-order chi connectivity index (χ0) is 13.1. The van der Waals surface area contributed by atoms with Crippen LogP contribution in [0.15, 0.2) is 18.2 Å². The lowest BCUT2D eigenvalue weighted by Gasteiger charge is -2.33. The fourth-order valence-electron chi connectivity index (χ4n) is 2.20. The highest BCUT2D eigenvalue weighted by molar-refractivity contribution is 5.97. The van der Waals surface area contributed by atoms with Crippen molar-refractivity contribution >= 4 is 11.5 Å². The molecule has 1 aromatic rings. The van der Waals surface area contributed by atoms with E-state index in [4.69, 9.17) is 10.5 Å². The molecule has 0 radical (unpaired) electrons. The zero-order valence-electron chi connectivity index (χ0n) is 11.0. The molecule has 18 heavy (non-hydrogen) atoms. The number of hydrogen-bond acceptors (Lipinski definition) is 4. The van der Waals surface area contributed by atoms with Crippen LogP contribution in [-0.4, -0.2) is 32.0 Å². The molecule has 0 amide bonds. The van der Waals surface area contributed by atoms with Gasteiger partial charge in [-0.3, -0.25) is 4.79 Å². The maximum absolute atomic E-state index is 11.8. The highest BCUT2D eigenvalue weighted by atomic mass is 16.5. The van der Waals surface area contributed by atoms with Crippen LogP contribution >= 0.6 is 0 Å². The Kier molecular flexibility index (Phi) is 3.87. The number of Topliss-reactive ketones (excluding diaryl/α,β-unsaturated/α-hetero) is 1. The lowest BCUT2D eigenvalue weighted by molar-refractivity contribution is 0.0985. The third kappa shape index (κ3) is 2.48. The summed E-state index contributed by atoms with van der Waals surface area (Å²) in [6, 6.07) is 5.61. The Morgan fingerprint density at radius 3 is 3.00 bits per heavy atom. The van der Waals surface area contributed by atoms with E-state index in [0.29, 0.717) is 18.5 Å². The van der Waals surface area contributed by atoms with Gasteiger partial charge >= 0.3 is 0 Å². The van der Waals surface area contributed by atoms with Crippen molar-refractivity contribution in [1.82, 2.24) is 0 Å². The van der Waals surface area contributed by atoms with Crippen molar-refractivity contribution < 1.29 is 9.53 Å². The lowest BCUT2D eigenvalue weighted by atomic mass is 10.1. The number of carbonyl (C=O) groups is 1. The Balaban J connectivity index is 2.27. The minimum atomic E-state index is 0.0892. The number of nitrogens with zero attached hydrogens (tertiary/aromatic N) is 1. The van der Waals surface area contributed by atoms with Crippen molar-refractivity contribution in [1.29, 1.82) is 0 Å². The number of carbonyl (C=O) groups excluding carboxylic acids is 1. The molecule has 0 fully saturated rings. The highest BCUT2D eigenvalue weighted by Gasteiger charge is 2.23. The molecule has 4 heteroatoms. The minimum Gasteiger partial charge on any atom is -0.486 e. The van der Waals surface area contributed by atoms with E-state index in [1.165, 1.54) is 0 Å². The third-order valence-electron chi connectivity index (χ3n) is 3.29. The number of ketones is 1. The molecule has 1 aliphatic heterocycles. The van der Waals surface area contributed by atoms with Crippen LogP contribution in [0.1, 0.15) is 30.1 Å². The molecule has 0 bridgehead atoms. The Labute approximate surface area is 108 Å². The Morgan fingerprint density at radius 1 is 1.56 bits per heavy atom. The molecule has 1 aromatic carbocycles. The molecule has 2 N–H and O–H groups in total. The topological polar surface area (TPSA) is 55.6 Å². The van der Waals surface area contributed by atoms with Crippen LogP contribution in [0.4, 0.5) is 5.69 Å². The molecule has 4 nitrogen and oxygen atoms in total. The van der Waals surface area contributed by atoms with Gasteiger partial charge in [0.1, 0.15) is 11.9 Å². The smallest absolute Gasteiger partial charge is 0.164 e. The van der Waals surface area contributed by atoms with E-state index in [1.54, 1.807) is 0 Å². The predicted octanol–water partition coefficient (Wildman–Crippen LogP) is 1.83. The first kappa shape index (κ1) is 12.9. The minimum absolute atomic E-state index is 0.0892. The molecule has 0 saturated carbocycles. The van der Waals surface area contributed by atoms with Crippen LogP contribution in [0.5, 0.6) is 5.75 Å². The summed E-state index contributed by atoms with van der Waals surface area (Å²) in [4.78, 5) is 14.0.